The summed E-state index contributed by atoms with van der Waals surface area (Å²) in [4.78, 5) is 0. The molecule has 0 heterocycles. The van der Waals surface area contributed by atoms with Crippen LogP contribution >= 0.6 is 15.9 Å². The molecule has 0 saturated carbocycles. The molecule has 0 aromatic heterocycles. The second-order valence-corrected chi connectivity index (χ2v) is 4.83. The fraction of sp³-hybridized carbons (Fsp3) is 0.200. The van der Waals surface area contributed by atoms with E-state index in [1.807, 2.05) is 49.4 Å². The Kier molecular flexibility index (Phi) is 4.26. The van der Waals surface area contributed by atoms with E-state index in [9.17, 15) is 0 Å². The number of hydrogen-bond donors (Lipinski definition) is 0. The van der Waals surface area contributed by atoms with E-state index in [1.165, 1.54) is 0 Å². The highest BCUT2D eigenvalue weighted by Crippen LogP contribution is 2.35. The molecule has 0 radical (unpaired) electrons. The average Bonchev–Trinajstić information content (AvgIpc) is 2.40. The van der Waals surface area contributed by atoms with Crippen LogP contribution in [0.5, 0.6) is 11.5 Å². The predicted octanol–water partition coefficient (Wildman–Crippen LogP) is 4.35. The van der Waals surface area contributed by atoms with Gasteiger partial charge in [0.25, 0.3) is 0 Å². The molecule has 0 spiro atoms. The van der Waals surface area contributed by atoms with Crippen molar-refractivity contribution in [1.82, 2.24) is 0 Å². The van der Waals surface area contributed by atoms with Crippen molar-refractivity contribution in [1.29, 1.82) is 0 Å². The highest BCUT2D eigenvalue weighted by molar-refractivity contribution is 9.10. The van der Waals surface area contributed by atoms with Crippen LogP contribution in [-0.2, 0) is 6.61 Å². The number of ether oxygens (including phenoxy) is 2. The molecule has 0 unspecified atom stereocenters. The van der Waals surface area contributed by atoms with E-state index in [4.69, 9.17) is 9.47 Å². The molecule has 0 bridgehead atoms. The van der Waals surface area contributed by atoms with Gasteiger partial charge in [-0.05, 0) is 40.5 Å². The molecule has 18 heavy (non-hydrogen) atoms. The highest BCUT2D eigenvalue weighted by atomic mass is 79.9. The maximum atomic E-state index is 5.87. The standard InChI is InChI=1S/C15H15BrO2/c1-11-14(17-2)9-8-13(16)15(11)18-10-12-6-4-3-5-7-12/h3-9H,10H2,1-2H3. The molecule has 0 fully saturated rings. The monoisotopic (exact) mass is 306 g/mol. The fourth-order valence-electron chi connectivity index (χ4n) is 1.77. The molecule has 2 aromatic carbocycles. The lowest BCUT2D eigenvalue weighted by Crippen LogP contribution is -1.99. The molecule has 2 aromatic rings. The van der Waals surface area contributed by atoms with Gasteiger partial charge in [0.1, 0.15) is 18.1 Å². The van der Waals surface area contributed by atoms with Crippen LogP contribution in [0.2, 0.25) is 0 Å². The van der Waals surface area contributed by atoms with Gasteiger partial charge in [0.2, 0.25) is 0 Å². The van der Waals surface area contributed by atoms with E-state index < -0.39 is 0 Å². The van der Waals surface area contributed by atoms with Gasteiger partial charge in [-0.15, -0.1) is 0 Å². The molecular formula is C15H15BrO2. The van der Waals surface area contributed by atoms with Gasteiger partial charge >= 0.3 is 0 Å². The predicted molar refractivity (Wildman–Crippen MR) is 76.2 cm³/mol. The smallest absolute Gasteiger partial charge is 0.140 e. The third-order valence-corrected chi connectivity index (χ3v) is 3.38. The molecule has 2 rings (SSSR count). The summed E-state index contributed by atoms with van der Waals surface area (Å²) < 4.78 is 12.1. The molecule has 2 nitrogen and oxygen atoms in total. The quantitative estimate of drug-likeness (QED) is 0.836. The van der Waals surface area contributed by atoms with E-state index in [0.29, 0.717) is 6.61 Å². The van der Waals surface area contributed by atoms with Gasteiger partial charge in [-0.25, -0.2) is 0 Å². The Morgan fingerprint density at radius 1 is 1.06 bits per heavy atom. The van der Waals surface area contributed by atoms with Crippen LogP contribution in [0.15, 0.2) is 46.9 Å². The Bertz CT molecular complexity index is 524. The van der Waals surface area contributed by atoms with Gasteiger partial charge in [-0.3, -0.25) is 0 Å². The van der Waals surface area contributed by atoms with Gasteiger partial charge in [0.15, 0.2) is 0 Å². The van der Waals surface area contributed by atoms with Crippen molar-refractivity contribution in [3.05, 3.63) is 58.1 Å². The lowest BCUT2D eigenvalue weighted by atomic mass is 10.2. The minimum atomic E-state index is 0.549. The molecule has 0 aliphatic rings. The Hall–Kier alpha value is -1.48. The first-order chi connectivity index (χ1) is 8.72. The van der Waals surface area contributed by atoms with Crippen LogP contribution < -0.4 is 9.47 Å². The summed E-state index contributed by atoms with van der Waals surface area (Å²) in [6.07, 6.45) is 0. The summed E-state index contributed by atoms with van der Waals surface area (Å²) in [6.45, 7) is 2.54. The minimum absolute atomic E-state index is 0.549. The lowest BCUT2D eigenvalue weighted by Gasteiger charge is -2.14. The Balaban J connectivity index is 2.19. The summed E-state index contributed by atoms with van der Waals surface area (Å²) >= 11 is 3.50. The molecule has 0 aliphatic heterocycles. The Morgan fingerprint density at radius 2 is 1.78 bits per heavy atom. The topological polar surface area (TPSA) is 18.5 Å². The van der Waals surface area contributed by atoms with Crippen LogP contribution in [0.3, 0.4) is 0 Å². The SMILES string of the molecule is COc1ccc(Br)c(OCc2ccccc2)c1C. The minimum Gasteiger partial charge on any atom is -0.496 e. The first kappa shape index (κ1) is 13.0. The zero-order valence-corrected chi connectivity index (χ0v) is 12.0. The first-order valence-corrected chi connectivity index (χ1v) is 6.51. The van der Waals surface area contributed by atoms with Gasteiger partial charge in [0, 0.05) is 5.56 Å². The van der Waals surface area contributed by atoms with Crippen molar-refractivity contribution < 1.29 is 9.47 Å². The van der Waals surface area contributed by atoms with Crippen LogP contribution in [0.25, 0.3) is 0 Å². The summed E-state index contributed by atoms with van der Waals surface area (Å²) in [5.74, 6) is 1.67. The highest BCUT2D eigenvalue weighted by Gasteiger charge is 2.10. The van der Waals surface area contributed by atoms with E-state index in [2.05, 4.69) is 15.9 Å². The zero-order valence-electron chi connectivity index (χ0n) is 10.4. The van der Waals surface area contributed by atoms with Gasteiger partial charge in [-0.2, -0.15) is 0 Å². The number of methoxy groups -OCH3 is 1. The molecule has 0 amide bonds. The fourth-order valence-corrected chi connectivity index (χ4v) is 2.31. The molecule has 94 valence electrons. The summed E-state index contributed by atoms with van der Waals surface area (Å²) in [5, 5.41) is 0. The lowest BCUT2D eigenvalue weighted by molar-refractivity contribution is 0.299. The number of rotatable bonds is 4. The number of halogens is 1. The number of benzene rings is 2. The largest absolute Gasteiger partial charge is 0.496 e. The average molecular weight is 307 g/mol. The molecule has 0 aliphatic carbocycles. The summed E-state index contributed by atoms with van der Waals surface area (Å²) in [5.41, 5.74) is 2.15. The van der Waals surface area contributed by atoms with Gasteiger partial charge < -0.3 is 9.47 Å². The van der Waals surface area contributed by atoms with Gasteiger partial charge in [0.05, 0.1) is 11.6 Å². The van der Waals surface area contributed by atoms with Crippen molar-refractivity contribution in [2.75, 3.05) is 7.11 Å². The van der Waals surface area contributed by atoms with E-state index >= 15 is 0 Å². The van der Waals surface area contributed by atoms with Crippen LogP contribution in [0.1, 0.15) is 11.1 Å². The van der Waals surface area contributed by atoms with Crippen LogP contribution in [0.4, 0.5) is 0 Å². The van der Waals surface area contributed by atoms with Crippen molar-refractivity contribution in [3.63, 3.8) is 0 Å². The van der Waals surface area contributed by atoms with Gasteiger partial charge in [-0.1, -0.05) is 30.3 Å². The van der Waals surface area contributed by atoms with E-state index in [1.54, 1.807) is 7.11 Å². The van der Waals surface area contributed by atoms with Crippen LogP contribution in [0, 0.1) is 6.92 Å². The molecule has 0 N–H and O–H groups in total. The molecule has 0 saturated heterocycles. The third kappa shape index (κ3) is 2.85. The zero-order chi connectivity index (χ0) is 13.0. The van der Waals surface area contributed by atoms with E-state index in [-0.39, 0.29) is 0 Å². The maximum absolute atomic E-state index is 5.87. The van der Waals surface area contributed by atoms with Crippen molar-refractivity contribution >= 4 is 15.9 Å². The normalized spacial score (nSPS) is 10.2. The molecule has 3 heteroatoms. The second kappa shape index (κ2) is 5.91. The molecule has 0 atom stereocenters. The Labute approximate surface area is 116 Å². The summed E-state index contributed by atoms with van der Waals surface area (Å²) in [6, 6.07) is 14.0. The van der Waals surface area contributed by atoms with Crippen molar-refractivity contribution in [3.8, 4) is 11.5 Å². The second-order valence-electron chi connectivity index (χ2n) is 3.98. The molecular weight excluding hydrogens is 292 g/mol. The van der Waals surface area contributed by atoms with Crippen molar-refractivity contribution in [2.45, 2.75) is 13.5 Å². The van der Waals surface area contributed by atoms with Crippen molar-refractivity contribution in [2.24, 2.45) is 0 Å². The van der Waals surface area contributed by atoms with Crippen LogP contribution in [-0.4, -0.2) is 7.11 Å². The summed E-state index contributed by atoms with van der Waals surface area (Å²) in [7, 11) is 1.66. The third-order valence-electron chi connectivity index (χ3n) is 2.75. The Morgan fingerprint density at radius 3 is 2.44 bits per heavy atom. The number of hydrogen-bond acceptors (Lipinski definition) is 2. The first-order valence-electron chi connectivity index (χ1n) is 5.72. The maximum Gasteiger partial charge on any atom is 0.140 e. The van der Waals surface area contributed by atoms with E-state index in [0.717, 1.165) is 27.1 Å².